The van der Waals surface area contributed by atoms with Crippen molar-refractivity contribution < 1.29 is 28.5 Å². The number of fused-ring (bicyclic) bond motifs is 2. The minimum absolute atomic E-state index is 0.00856. The van der Waals surface area contributed by atoms with Crippen molar-refractivity contribution in [2.45, 2.75) is 110 Å². The fourth-order valence-electron chi connectivity index (χ4n) is 6.91. The van der Waals surface area contributed by atoms with E-state index in [9.17, 15) is 9.59 Å². The normalized spacial score (nSPS) is 22.7. The monoisotopic (exact) mass is 775 g/mol. The molecule has 5 atom stereocenters. The van der Waals surface area contributed by atoms with Gasteiger partial charge in [0.05, 0.1) is 24.1 Å². The number of nitrogens with one attached hydrogen (secondary N) is 1. The molecule has 3 heterocycles. The van der Waals surface area contributed by atoms with Gasteiger partial charge < -0.3 is 33.7 Å². The predicted octanol–water partition coefficient (Wildman–Crippen LogP) is 7.13. The maximum absolute atomic E-state index is 13.5. The summed E-state index contributed by atoms with van der Waals surface area (Å²) in [5, 5.41) is 3.98. The molecule has 5 rings (SSSR count). The third-order valence-electron chi connectivity index (χ3n) is 8.98. The average molecular weight is 776 g/mol. The van der Waals surface area contributed by atoms with Crippen molar-refractivity contribution in [2.75, 3.05) is 19.7 Å². The van der Waals surface area contributed by atoms with Crippen molar-refractivity contribution in [1.29, 1.82) is 0 Å². The minimum atomic E-state index is -0.736. The molecule has 1 aromatic carbocycles. The molecule has 1 saturated heterocycles. The van der Waals surface area contributed by atoms with Crippen LogP contribution >= 0.6 is 22.6 Å². The number of alkyl carbamates (subject to hydrolysis) is 1. The number of amides is 2. The number of carbonyl (C=O) groups excluding carboxylic acids is 2. The van der Waals surface area contributed by atoms with Gasteiger partial charge in [0.1, 0.15) is 23.7 Å². The van der Waals surface area contributed by atoms with Crippen molar-refractivity contribution in [2.24, 2.45) is 11.3 Å². The van der Waals surface area contributed by atoms with Gasteiger partial charge in [-0.15, -0.1) is 0 Å². The highest BCUT2D eigenvalue weighted by Gasteiger charge is 2.54. The van der Waals surface area contributed by atoms with E-state index in [1.165, 1.54) is 0 Å². The van der Waals surface area contributed by atoms with Gasteiger partial charge in [0.2, 0.25) is 0 Å². The predicted molar refractivity (Wildman–Crippen MR) is 192 cm³/mol. The van der Waals surface area contributed by atoms with Crippen LogP contribution in [-0.2, 0) is 25.4 Å². The van der Waals surface area contributed by atoms with Crippen molar-refractivity contribution >= 4 is 45.8 Å². The Balaban J connectivity index is 1.21. The summed E-state index contributed by atoms with van der Waals surface area (Å²) in [6.07, 6.45) is 6.13. The second kappa shape index (κ2) is 14.5. The summed E-state index contributed by atoms with van der Waals surface area (Å²) in [6.45, 7) is 16.8. The highest BCUT2D eigenvalue weighted by Crippen LogP contribution is 2.47. The number of ether oxygens (including phenoxy) is 4. The van der Waals surface area contributed by atoms with E-state index in [0.717, 1.165) is 26.6 Å². The summed E-state index contributed by atoms with van der Waals surface area (Å²) in [4.78, 5) is 37.1. The Morgan fingerprint density at radius 3 is 2.52 bits per heavy atom. The van der Waals surface area contributed by atoms with Gasteiger partial charge in [0.15, 0.2) is 5.79 Å². The van der Waals surface area contributed by atoms with Crippen LogP contribution in [0.5, 0.6) is 0 Å². The third kappa shape index (κ3) is 8.78. The highest BCUT2D eigenvalue weighted by molar-refractivity contribution is 14.1. The number of halogens is 1. The van der Waals surface area contributed by atoms with Crippen molar-refractivity contribution in [3.8, 4) is 0 Å². The lowest BCUT2D eigenvalue weighted by molar-refractivity contribution is -0.160. The van der Waals surface area contributed by atoms with Crippen LogP contribution in [0, 0.1) is 14.9 Å². The molecular formula is C36H50IN5O6. The van der Waals surface area contributed by atoms with Crippen LogP contribution < -0.4 is 5.32 Å². The Morgan fingerprint density at radius 1 is 1.12 bits per heavy atom. The number of hydrogen-bond acceptors (Lipinski definition) is 8. The van der Waals surface area contributed by atoms with Gasteiger partial charge in [-0.05, 0) is 81.0 Å². The van der Waals surface area contributed by atoms with E-state index in [0.29, 0.717) is 25.9 Å². The molecule has 2 aromatic heterocycles. The van der Waals surface area contributed by atoms with Gasteiger partial charge in [-0.2, -0.15) is 0 Å². The highest BCUT2D eigenvalue weighted by atomic mass is 127. The average Bonchev–Trinajstić information content (AvgIpc) is 3.62. The topological polar surface area (TPSA) is 117 Å². The SMILES string of the molecule is CC(C)(C)OC(=O)N(CCc1ccccc1)C(CCOC(=O)NC[C@H]1C[C@@H](n2cc(I)c3cncnc32)[C@@H]2OC(C)(C)O[C@H]12)C(C)(C)C. The number of nitrogens with zero attached hydrogens (tertiary/aromatic N) is 4. The van der Waals surface area contributed by atoms with E-state index in [4.69, 9.17) is 18.9 Å². The van der Waals surface area contributed by atoms with Gasteiger partial charge in [-0.1, -0.05) is 51.1 Å². The largest absolute Gasteiger partial charge is 0.449 e. The lowest BCUT2D eigenvalue weighted by Gasteiger charge is -2.40. The molecule has 2 fully saturated rings. The maximum atomic E-state index is 13.5. The minimum Gasteiger partial charge on any atom is -0.449 e. The summed E-state index contributed by atoms with van der Waals surface area (Å²) in [5.41, 5.74) is 1.07. The van der Waals surface area contributed by atoms with Gasteiger partial charge in [-0.3, -0.25) is 0 Å². The van der Waals surface area contributed by atoms with Crippen molar-refractivity contribution in [3.05, 3.63) is 58.2 Å². The molecule has 48 heavy (non-hydrogen) atoms. The van der Waals surface area contributed by atoms with Gasteiger partial charge in [0, 0.05) is 47.4 Å². The maximum Gasteiger partial charge on any atom is 0.410 e. The molecular weight excluding hydrogens is 725 g/mol. The molecule has 262 valence electrons. The molecule has 11 nitrogen and oxygen atoms in total. The second-order valence-electron chi connectivity index (χ2n) is 15.4. The lowest BCUT2D eigenvalue weighted by Crippen LogP contribution is -2.50. The number of benzene rings is 1. The molecule has 1 unspecified atom stereocenters. The first-order valence-electron chi connectivity index (χ1n) is 16.8. The summed E-state index contributed by atoms with van der Waals surface area (Å²) in [6, 6.07) is 9.85. The van der Waals surface area contributed by atoms with Gasteiger partial charge in [0.25, 0.3) is 0 Å². The van der Waals surface area contributed by atoms with Crippen LogP contribution in [0.4, 0.5) is 9.59 Å². The van der Waals surface area contributed by atoms with Crippen LogP contribution in [0.15, 0.2) is 49.1 Å². The van der Waals surface area contributed by atoms with E-state index in [1.54, 1.807) is 11.2 Å². The molecule has 2 aliphatic rings. The van der Waals surface area contributed by atoms with E-state index < -0.39 is 17.5 Å². The van der Waals surface area contributed by atoms with E-state index in [1.807, 2.05) is 59.0 Å². The van der Waals surface area contributed by atoms with Crippen LogP contribution in [-0.4, -0.2) is 81.0 Å². The number of rotatable bonds is 10. The summed E-state index contributed by atoms with van der Waals surface area (Å²) in [5.74, 6) is -0.727. The van der Waals surface area contributed by atoms with Gasteiger partial charge >= 0.3 is 12.2 Å². The Morgan fingerprint density at radius 2 is 1.83 bits per heavy atom. The third-order valence-corrected chi connectivity index (χ3v) is 9.84. The first-order chi connectivity index (χ1) is 22.5. The molecule has 3 aromatic rings. The van der Waals surface area contributed by atoms with Crippen LogP contribution in [0.3, 0.4) is 0 Å². The van der Waals surface area contributed by atoms with Crippen molar-refractivity contribution in [1.82, 2.24) is 24.8 Å². The number of carbonyl (C=O) groups is 2. The van der Waals surface area contributed by atoms with Crippen LogP contribution in [0.25, 0.3) is 11.0 Å². The van der Waals surface area contributed by atoms with Crippen molar-refractivity contribution in [3.63, 3.8) is 0 Å². The van der Waals surface area contributed by atoms with E-state index >= 15 is 0 Å². The molecule has 1 aliphatic heterocycles. The van der Waals surface area contributed by atoms with Gasteiger partial charge in [-0.25, -0.2) is 19.6 Å². The zero-order valence-corrected chi connectivity index (χ0v) is 31.5. The van der Waals surface area contributed by atoms with E-state index in [-0.39, 0.29) is 48.3 Å². The molecule has 0 bridgehead atoms. The molecule has 12 heteroatoms. The Bertz CT molecular complexity index is 1570. The standard InChI is InChI=1S/C36H50IN5O6/c1-34(2,3)28(41(33(44)48-35(4,5)6)16-14-23-12-10-9-11-13-23)15-17-45-32(43)39-19-24-18-27(30-29(24)46-36(7,8)47-30)42-21-26(37)25-20-38-22-40-31(25)42/h9-13,20-22,24,27-30H,14-19H2,1-8H3,(H,39,43)/t24-,27-,28?,29-,30+/m1/s1. The number of aromatic nitrogens is 3. The molecule has 0 spiro atoms. The molecule has 1 saturated carbocycles. The van der Waals surface area contributed by atoms with Crippen LogP contribution in [0.1, 0.15) is 79.8 Å². The fraction of sp³-hybridized carbons (Fsp3) is 0.611. The first kappa shape index (κ1) is 36.3. The zero-order valence-electron chi connectivity index (χ0n) is 29.4. The molecule has 2 amide bonds. The molecule has 1 aliphatic carbocycles. The van der Waals surface area contributed by atoms with E-state index in [2.05, 4.69) is 81.5 Å². The first-order valence-corrected chi connectivity index (χ1v) is 17.9. The smallest absolute Gasteiger partial charge is 0.410 e. The summed E-state index contributed by atoms with van der Waals surface area (Å²) < 4.78 is 27.6. The second-order valence-corrected chi connectivity index (χ2v) is 16.5. The quantitative estimate of drug-likeness (QED) is 0.217. The summed E-state index contributed by atoms with van der Waals surface area (Å²) in [7, 11) is 0. The fourth-order valence-corrected chi connectivity index (χ4v) is 7.59. The zero-order chi connectivity index (χ0) is 34.9. The summed E-state index contributed by atoms with van der Waals surface area (Å²) >= 11 is 2.31. The molecule has 0 radical (unpaired) electrons. The Labute approximate surface area is 297 Å². The Hall–Kier alpha value is -2.97. The Kier molecular flexibility index (Phi) is 11.0. The number of hydrogen-bond donors (Lipinski definition) is 1. The molecule has 1 N–H and O–H groups in total. The van der Waals surface area contributed by atoms with Crippen LogP contribution in [0.2, 0.25) is 0 Å². The lowest BCUT2D eigenvalue weighted by atomic mass is 9.83.